The van der Waals surface area contributed by atoms with Crippen LogP contribution in [0.4, 0.5) is 0 Å². The van der Waals surface area contributed by atoms with Gasteiger partial charge in [-0.2, -0.15) is 12.7 Å². The van der Waals surface area contributed by atoms with Crippen LogP contribution in [0.3, 0.4) is 0 Å². The van der Waals surface area contributed by atoms with Crippen LogP contribution in [0.1, 0.15) is 25.7 Å². The van der Waals surface area contributed by atoms with Gasteiger partial charge in [0.2, 0.25) is 0 Å². The second-order valence-corrected chi connectivity index (χ2v) is 5.16. The molecule has 1 aliphatic heterocycles. The van der Waals surface area contributed by atoms with Gasteiger partial charge < -0.3 is 0 Å². The summed E-state index contributed by atoms with van der Waals surface area (Å²) in [6.45, 7) is 1.31. The summed E-state index contributed by atoms with van der Waals surface area (Å²) in [6, 6.07) is 0.294. The van der Waals surface area contributed by atoms with E-state index in [0.29, 0.717) is 19.1 Å². The molecule has 0 bridgehead atoms. The first-order valence-corrected chi connectivity index (χ1v) is 5.90. The first-order chi connectivity index (χ1) is 5.70. The van der Waals surface area contributed by atoms with Crippen molar-refractivity contribution in [1.29, 1.82) is 0 Å². The molecule has 2 fully saturated rings. The lowest BCUT2D eigenvalue weighted by atomic mass is 9.93. The molecule has 0 spiro atoms. The maximum Gasteiger partial charge on any atom is 0.279 e. The summed E-state index contributed by atoms with van der Waals surface area (Å²) in [7, 11) is -3.10. The molecule has 0 amide bonds. The largest absolute Gasteiger partial charge is 0.279 e. The van der Waals surface area contributed by atoms with Crippen molar-refractivity contribution in [2.24, 2.45) is 0 Å². The summed E-state index contributed by atoms with van der Waals surface area (Å²) in [4.78, 5) is 0. The molecule has 1 saturated carbocycles. The molecule has 0 aromatic carbocycles. The Morgan fingerprint density at radius 1 is 1.25 bits per heavy atom. The average molecular weight is 190 g/mol. The van der Waals surface area contributed by atoms with E-state index in [1.165, 1.54) is 6.42 Å². The molecule has 1 heterocycles. The summed E-state index contributed by atoms with van der Waals surface area (Å²) in [5.41, 5.74) is 0. The average Bonchev–Trinajstić information content (AvgIpc) is 1.89. The Morgan fingerprint density at radius 2 is 2.00 bits per heavy atom. The highest BCUT2D eigenvalue weighted by molar-refractivity contribution is 7.87. The smallest absolute Gasteiger partial charge is 0.202 e. The van der Waals surface area contributed by atoms with Gasteiger partial charge in [0.25, 0.3) is 10.2 Å². The first kappa shape index (κ1) is 8.47. The standard InChI is InChI=1S/C7H14N2O2S/c10-12(11)8-5-2-6-9(12)7-3-1-4-7/h7-8H,1-6H2. The second-order valence-electron chi connectivity index (χ2n) is 3.45. The van der Waals surface area contributed by atoms with Gasteiger partial charge in [0.05, 0.1) is 0 Å². The van der Waals surface area contributed by atoms with Crippen molar-refractivity contribution in [2.45, 2.75) is 31.7 Å². The van der Waals surface area contributed by atoms with Gasteiger partial charge in [-0.25, -0.2) is 4.72 Å². The molecular weight excluding hydrogens is 176 g/mol. The topological polar surface area (TPSA) is 49.4 Å². The van der Waals surface area contributed by atoms with Crippen LogP contribution in [-0.4, -0.2) is 31.9 Å². The zero-order valence-electron chi connectivity index (χ0n) is 6.99. The number of rotatable bonds is 1. The number of hydrogen-bond acceptors (Lipinski definition) is 2. The van der Waals surface area contributed by atoms with Gasteiger partial charge in [0.15, 0.2) is 0 Å². The zero-order chi connectivity index (χ0) is 8.60. The second kappa shape index (κ2) is 2.97. The zero-order valence-corrected chi connectivity index (χ0v) is 7.81. The van der Waals surface area contributed by atoms with Crippen molar-refractivity contribution in [3.63, 3.8) is 0 Å². The van der Waals surface area contributed by atoms with E-state index in [1.54, 1.807) is 4.31 Å². The van der Waals surface area contributed by atoms with E-state index in [0.717, 1.165) is 19.3 Å². The van der Waals surface area contributed by atoms with Crippen molar-refractivity contribution < 1.29 is 8.42 Å². The molecule has 1 saturated heterocycles. The van der Waals surface area contributed by atoms with Crippen molar-refractivity contribution >= 4 is 10.2 Å². The Bertz CT molecular complexity index is 259. The Hall–Kier alpha value is -0.130. The van der Waals surface area contributed by atoms with E-state index < -0.39 is 10.2 Å². The summed E-state index contributed by atoms with van der Waals surface area (Å²) in [6.07, 6.45) is 4.20. The fourth-order valence-electron chi connectivity index (χ4n) is 1.69. The minimum Gasteiger partial charge on any atom is -0.202 e. The van der Waals surface area contributed by atoms with Crippen LogP contribution in [0, 0.1) is 0 Å². The molecule has 0 unspecified atom stereocenters. The lowest BCUT2D eigenvalue weighted by molar-refractivity contribution is 0.207. The Kier molecular flexibility index (Phi) is 2.10. The van der Waals surface area contributed by atoms with Crippen molar-refractivity contribution in [3.05, 3.63) is 0 Å². The number of hydrogen-bond donors (Lipinski definition) is 1. The molecule has 1 aliphatic carbocycles. The number of nitrogens with zero attached hydrogens (tertiary/aromatic N) is 1. The third-order valence-corrected chi connectivity index (χ3v) is 4.30. The monoisotopic (exact) mass is 190 g/mol. The van der Waals surface area contributed by atoms with Gasteiger partial charge in [0.1, 0.15) is 0 Å². The van der Waals surface area contributed by atoms with Crippen LogP contribution in [0.5, 0.6) is 0 Å². The highest BCUT2D eigenvalue weighted by atomic mass is 32.2. The van der Waals surface area contributed by atoms with Gasteiger partial charge in [0, 0.05) is 19.1 Å². The third-order valence-electron chi connectivity index (χ3n) is 2.63. The molecule has 5 heteroatoms. The summed E-state index contributed by atoms with van der Waals surface area (Å²) in [5.74, 6) is 0. The van der Waals surface area contributed by atoms with Gasteiger partial charge in [-0.3, -0.25) is 0 Å². The Morgan fingerprint density at radius 3 is 2.50 bits per heavy atom. The van der Waals surface area contributed by atoms with E-state index in [1.807, 2.05) is 0 Å². The van der Waals surface area contributed by atoms with Gasteiger partial charge in [-0.1, -0.05) is 6.42 Å². The fraction of sp³-hybridized carbons (Fsp3) is 1.00. The normalized spacial score (nSPS) is 31.3. The molecule has 2 rings (SSSR count). The molecule has 0 aromatic rings. The third kappa shape index (κ3) is 1.36. The van der Waals surface area contributed by atoms with E-state index in [4.69, 9.17) is 0 Å². The molecule has 0 atom stereocenters. The van der Waals surface area contributed by atoms with Crippen LogP contribution >= 0.6 is 0 Å². The van der Waals surface area contributed by atoms with Crippen LogP contribution in [0.2, 0.25) is 0 Å². The van der Waals surface area contributed by atoms with E-state index in [9.17, 15) is 8.42 Å². The lowest BCUT2D eigenvalue weighted by Gasteiger charge is -2.38. The Labute approximate surface area is 73.1 Å². The van der Waals surface area contributed by atoms with Crippen LogP contribution in [-0.2, 0) is 10.2 Å². The molecule has 70 valence electrons. The first-order valence-electron chi connectivity index (χ1n) is 4.46. The van der Waals surface area contributed by atoms with E-state index in [2.05, 4.69) is 4.72 Å². The van der Waals surface area contributed by atoms with Gasteiger partial charge in [-0.05, 0) is 19.3 Å². The summed E-state index contributed by atoms with van der Waals surface area (Å²) >= 11 is 0. The molecule has 12 heavy (non-hydrogen) atoms. The van der Waals surface area contributed by atoms with Crippen LogP contribution in [0.15, 0.2) is 0 Å². The molecule has 4 nitrogen and oxygen atoms in total. The summed E-state index contributed by atoms with van der Waals surface area (Å²) in [5, 5.41) is 0. The molecule has 0 aromatic heterocycles. The van der Waals surface area contributed by atoms with Crippen molar-refractivity contribution in [1.82, 2.24) is 9.03 Å². The molecule has 1 N–H and O–H groups in total. The van der Waals surface area contributed by atoms with Gasteiger partial charge in [-0.15, -0.1) is 0 Å². The maximum atomic E-state index is 11.4. The van der Waals surface area contributed by atoms with E-state index >= 15 is 0 Å². The van der Waals surface area contributed by atoms with Crippen LogP contribution in [0.25, 0.3) is 0 Å². The lowest BCUT2D eigenvalue weighted by Crippen LogP contribution is -2.53. The van der Waals surface area contributed by atoms with Crippen molar-refractivity contribution in [3.8, 4) is 0 Å². The molecule has 0 radical (unpaired) electrons. The van der Waals surface area contributed by atoms with Crippen molar-refractivity contribution in [2.75, 3.05) is 13.1 Å². The predicted molar refractivity (Wildman–Crippen MR) is 45.9 cm³/mol. The minimum atomic E-state index is -3.10. The highest BCUT2D eigenvalue weighted by Crippen LogP contribution is 2.27. The highest BCUT2D eigenvalue weighted by Gasteiger charge is 2.34. The van der Waals surface area contributed by atoms with Gasteiger partial charge >= 0.3 is 0 Å². The minimum absolute atomic E-state index is 0.294. The van der Waals surface area contributed by atoms with E-state index in [-0.39, 0.29) is 0 Å². The molecule has 2 aliphatic rings. The number of nitrogens with one attached hydrogen (secondary N) is 1. The quantitative estimate of drug-likeness (QED) is 0.636. The Balaban J connectivity index is 2.10. The SMILES string of the molecule is O=S1(=O)NCCCN1C1CCC1. The summed E-state index contributed by atoms with van der Waals surface area (Å²) < 4.78 is 27.0. The maximum absolute atomic E-state index is 11.4. The fourth-order valence-corrected chi connectivity index (χ4v) is 3.23. The van der Waals surface area contributed by atoms with Crippen LogP contribution < -0.4 is 4.72 Å². The predicted octanol–water partition coefficient (Wildman–Crippen LogP) is 0.0790. The molecular formula is C7H14N2O2S.